The highest BCUT2D eigenvalue weighted by Crippen LogP contribution is 2.41. The Labute approximate surface area is 225 Å². The van der Waals surface area contributed by atoms with E-state index in [1.165, 1.54) is 35.1 Å². The summed E-state index contributed by atoms with van der Waals surface area (Å²) in [6, 6.07) is 20.6. The van der Waals surface area contributed by atoms with Crippen LogP contribution in [0.2, 0.25) is 5.02 Å². The van der Waals surface area contributed by atoms with E-state index in [0.29, 0.717) is 19.9 Å². The fourth-order valence-corrected chi connectivity index (χ4v) is 6.58. The van der Waals surface area contributed by atoms with Crippen LogP contribution in [-0.4, -0.2) is 15.7 Å². The number of nitro groups is 1. The Hall–Kier alpha value is -3.46. The summed E-state index contributed by atoms with van der Waals surface area (Å²) in [6.07, 6.45) is 5.36. The second-order valence-electron chi connectivity index (χ2n) is 8.85. The molecule has 0 fully saturated rings. The Kier molecular flexibility index (Phi) is 6.10. The maximum absolute atomic E-state index is 13.9. The standard InChI is InChI=1S/C28H20ClN3O3S2/c1-36-20-10-6-17(7-11-20)26-22-12-8-16-4-2-3-5-21(16)25(22)30-28-31(26)27(33)24(37-28)15-18-14-19(32(34)35)9-13-23(18)29/h2-7,9-11,13-15,26H,8,12H2,1H3. The highest BCUT2D eigenvalue weighted by Gasteiger charge is 2.32. The quantitative estimate of drug-likeness (QED) is 0.190. The molecule has 4 aromatic rings. The first-order valence-electron chi connectivity index (χ1n) is 11.7. The van der Waals surface area contributed by atoms with Gasteiger partial charge in [0.25, 0.3) is 11.2 Å². The van der Waals surface area contributed by atoms with Gasteiger partial charge in [0, 0.05) is 33.2 Å². The van der Waals surface area contributed by atoms with E-state index in [1.54, 1.807) is 22.4 Å². The van der Waals surface area contributed by atoms with E-state index in [2.05, 4.69) is 36.4 Å². The van der Waals surface area contributed by atoms with Gasteiger partial charge in [0.15, 0.2) is 4.80 Å². The van der Waals surface area contributed by atoms with Crippen molar-refractivity contribution in [3.63, 3.8) is 0 Å². The minimum absolute atomic E-state index is 0.0812. The minimum atomic E-state index is -0.473. The van der Waals surface area contributed by atoms with E-state index in [0.717, 1.165) is 40.1 Å². The zero-order valence-corrected chi connectivity index (χ0v) is 22.1. The summed E-state index contributed by atoms with van der Waals surface area (Å²) in [5.41, 5.74) is 5.61. The Morgan fingerprint density at radius 2 is 1.92 bits per heavy atom. The molecule has 0 N–H and O–H groups in total. The van der Waals surface area contributed by atoms with Gasteiger partial charge in [0.2, 0.25) is 0 Å². The number of benzene rings is 3. The van der Waals surface area contributed by atoms with Gasteiger partial charge in [-0.3, -0.25) is 19.5 Å². The molecule has 1 unspecified atom stereocenters. The number of rotatable bonds is 4. The second-order valence-corrected chi connectivity index (χ2v) is 11.1. The summed E-state index contributed by atoms with van der Waals surface area (Å²) in [4.78, 5) is 31.4. The fraction of sp³-hybridized carbons (Fsp3) is 0.143. The topological polar surface area (TPSA) is 77.5 Å². The van der Waals surface area contributed by atoms with Crippen molar-refractivity contribution in [2.75, 3.05) is 6.26 Å². The summed E-state index contributed by atoms with van der Waals surface area (Å²) in [5, 5.41) is 11.6. The van der Waals surface area contributed by atoms with Gasteiger partial charge in [-0.15, -0.1) is 11.8 Å². The predicted octanol–water partition coefficient (Wildman–Crippen LogP) is 5.60. The first-order valence-corrected chi connectivity index (χ1v) is 14.1. The van der Waals surface area contributed by atoms with Gasteiger partial charge in [0.1, 0.15) is 0 Å². The van der Waals surface area contributed by atoms with Gasteiger partial charge in [-0.2, -0.15) is 0 Å². The Bertz CT molecular complexity index is 1790. The Morgan fingerprint density at radius 1 is 1.14 bits per heavy atom. The highest BCUT2D eigenvalue weighted by atomic mass is 35.5. The molecule has 37 heavy (non-hydrogen) atoms. The van der Waals surface area contributed by atoms with Crippen LogP contribution in [0.15, 0.2) is 87.0 Å². The third-order valence-electron chi connectivity index (χ3n) is 6.78. The molecule has 184 valence electrons. The van der Waals surface area contributed by atoms with Crippen molar-refractivity contribution < 1.29 is 4.92 Å². The molecule has 1 atom stereocenters. The second kappa shape index (κ2) is 9.45. The molecule has 1 aliphatic heterocycles. The smallest absolute Gasteiger partial charge is 0.271 e. The highest BCUT2D eigenvalue weighted by molar-refractivity contribution is 7.98. The molecule has 0 bridgehead atoms. The number of non-ortho nitro benzene ring substituents is 1. The van der Waals surface area contributed by atoms with Gasteiger partial charge in [0.05, 0.1) is 21.2 Å². The fourth-order valence-electron chi connectivity index (χ4n) is 5.01. The van der Waals surface area contributed by atoms with Gasteiger partial charge >= 0.3 is 0 Å². The summed E-state index contributed by atoms with van der Waals surface area (Å²) < 4.78 is 2.20. The number of hydrogen-bond donors (Lipinski definition) is 0. The van der Waals surface area contributed by atoms with Crippen molar-refractivity contribution in [3.05, 3.63) is 129 Å². The average molecular weight is 546 g/mol. The van der Waals surface area contributed by atoms with E-state index in [1.807, 2.05) is 18.4 Å². The number of thioether (sulfide) groups is 1. The first-order chi connectivity index (χ1) is 17.9. The molecule has 0 amide bonds. The monoisotopic (exact) mass is 545 g/mol. The molecule has 0 saturated carbocycles. The molecule has 6 nitrogen and oxygen atoms in total. The van der Waals surface area contributed by atoms with E-state index in [9.17, 15) is 14.9 Å². The zero-order valence-electron chi connectivity index (χ0n) is 19.7. The van der Waals surface area contributed by atoms with Gasteiger partial charge in [-0.25, -0.2) is 4.99 Å². The maximum Gasteiger partial charge on any atom is 0.271 e. The summed E-state index contributed by atoms with van der Waals surface area (Å²) in [5.74, 6) is 0. The van der Waals surface area contributed by atoms with Crippen LogP contribution in [0.1, 0.15) is 34.7 Å². The predicted molar refractivity (Wildman–Crippen MR) is 149 cm³/mol. The normalized spacial score (nSPS) is 16.6. The molecular formula is C28H20ClN3O3S2. The van der Waals surface area contributed by atoms with E-state index in [-0.39, 0.29) is 17.3 Å². The van der Waals surface area contributed by atoms with Gasteiger partial charge in [-0.05, 0) is 60.1 Å². The lowest BCUT2D eigenvalue weighted by Crippen LogP contribution is -2.38. The number of fused-ring (bicyclic) bond motifs is 3. The van der Waals surface area contributed by atoms with Gasteiger partial charge in [-0.1, -0.05) is 59.3 Å². The molecule has 0 spiro atoms. The lowest BCUT2D eigenvalue weighted by atomic mass is 9.83. The number of allylic oxidation sites excluding steroid dienone is 1. The van der Waals surface area contributed by atoms with E-state index in [4.69, 9.17) is 16.6 Å². The third-order valence-corrected chi connectivity index (χ3v) is 8.85. The number of nitro benzene ring substituents is 1. The van der Waals surface area contributed by atoms with Crippen molar-refractivity contribution in [2.24, 2.45) is 4.99 Å². The van der Waals surface area contributed by atoms with E-state index >= 15 is 0 Å². The molecular weight excluding hydrogens is 526 g/mol. The average Bonchev–Trinajstić information content (AvgIpc) is 3.23. The van der Waals surface area contributed by atoms with Crippen LogP contribution >= 0.6 is 34.7 Å². The SMILES string of the molecule is CSc1ccc(C2C3=C(N=c4sc(=Cc5cc([N+](=O)[O-])ccc5Cl)c(=O)n42)c2ccccc2CC3)cc1. The van der Waals surface area contributed by atoms with Crippen molar-refractivity contribution in [2.45, 2.75) is 23.8 Å². The van der Waals surface area contributed by atoms with E-state index < -0.39 is 4.92 Å². The number of hydrogen-bond acceptors (Lipinski definition) is 6. The Morgan fingerprint density at radius 3 is 2.68 bits per heavy atom. The van der Waals surface area contributed by atoms with Crippen LogP contribution in [0.3, 0.4) is 0 Å². The summed E-state index contributed by atoms with van der Waals surface area (Å²) in [6.45, 7) is 0. The zero-order chi connectivity index (χ0) is 25.7. The lowest BCUT2D eigenvalue weighted by Gasteiger charge is -2.30. The first kappa shape index (κ1) is 23.9. The third kappa shape index (κ3) is 4.15. The lowest BCUT2D eigenvalue weighted by molar-refractivity contribution is -0.384. The molecule has 0 saturated heterocycles. The Balaban J connectivity index is 1.60. The van der Waals surface area contributed by atoms with Crippen LogP contribution in [-0.2, 0) is 6.42 Å². The van der Waals surface area contributed by atoms with Crippen molar-refractivity contribution >= 4 is 52.2 Å². The number of nitrogens with zero attached hydrogens (tertiary/aromatic N) is 3. The molecule has 3 aromatic carbocycles. The summed E-state index contributed by atoms with van der Waals surface area (Å²) in [7, 11) is 0. The molecule has 0 radical (unpaired) electrons. The molecule has 6 rings (SSSR count). The van der Waals surface area contributed by atoms with Crippen LogP contribution in [0.4, 0.5) is 5.69 Å². The molecule has 9 heteroatoms. The molecule has 2 aliphatic rings. The van der Waals surface area contributed by atoms with Crippen LogP contribution < -0.4 is 14.9 Å². The molecule has 1 aliphatic carbocycles. The maximum atomic E-state index is 13.9. The van der Waals surface area contributed by atoms with Crippen molar-refractivity contribution in [1.29, 1.82) is 0 Å². The number of aromatic nitrogens is 1. The number of halogens is 1. The molecule has 1 aromatic heterocycles. The van der Waals surface area contributed by atoms with Crippen molar-refractivity contribution in [1.82, 2.24) is 4.57 Å². The molecule has 2 heterocycles. The minimum Gasteiger partial charge on any atom is -0.272 e. The largest absolute Gasteiger partial charge is 0.272 e. The van der Waals surface area contributed by atoms with Crippen molar-refractivity contribution in [3.8, 4) is 0 Å². The summed E-state index contributed by atoms with van der Waals surface area (Å²) >= 11 is 9.30. The van der Waals surface area contributed by atoms with Crippen LogP contribution in [0, 0.1) is 10.1 Å². The number of thiazole rings is 1. The van der Waals surface area contributed by atoms with Crippen LogP contribution in [0.5, 0.6) is 0 Å². The number of aryl methyl sites for hydroxylation is 1. The van der Waals surface area contributed by atoms with Gasteiger partial charge < -0.3 is 0 Å². The van der Waals surface area contributed by atoms with Crippen LogP contribution in [0.25, 0.3) is 11.8 Å².